The summed E-state index contributed by atoms with van der Waals surface area (Å²) in [5, 5.41) is 13.1. The molecule has 3 nitrogen and oxygen atoms in total. The van der Waals surface area contributed by atoms with Crippen molar-refractivity contribution in [1.29, 1.82) is 0 Å². The third-order valence-corrected chi connectivity index (χ3v) is 4.37. The standard InChI is InChI=1S/C11H20N2O/c14-11-5-12-4-10(11)13-6-8-2-1-3-9(8)7-13/h8-12,14H,1-7H2. The van der Waals surface area contributed by atoms with Crippen molar-refractivity contribution in [3.8, 4) is 0 Å². The van der Waals surface area contributed by atoms with Crippen molar-refractivity contribution in [3.63, 3.8) is 0 Å². The van der Waals surface area contributed by atoms with Crippen LogP contribution in [0.1, 0.15) is 19.3 Å². The van der Waals surface area contributed by atoms with E-state index in [1.54, 1.807) is 0 Å². The minimum Gasteiger partial charge on any atom is -0.390 e. The zero-order valence-electron chi connectivity index (χ0n) is 8.65. The first-order chi connectivity index (χ1) is 6.84. The summed E-state index contributed by atoms with van der Waals surface area (Å²) in [6.45, 7) is 4.26. The lowest BCUT2D eigenvalue weighted by molar-refractivity contribution is 0.0934. The quantitative estimate of drug-likeness (QED) is 0.622. The van der Waals surface area contributed by atoms with Gasteiger partial charge in [0, 0.05) is 32.2 Å². The Hall–Kier alpha value is -0.120. The first-order valence-electron chi connectivity index (χ1n) is 5.97. The van der Waals surface area contributed by atoms with Crippen LogP contribution in [0.25, 0.3) is 0 Å². The van der Waals surface area contributed by atoms with E-state index in [2.05, 4.69) is 10.2 Å². The number of hydrogen-bond acceptors (Lipinski definition) is 3. The molecule has 3 heteroatoms. The Morgan fingerprint density at radius 2 is 1.79 bits per heavy atom. The summed E-state index contributed by atoms with van der Waals surface area (Å²) in [7, 11) is 0. The smallest absolute Gasteiger partial charge is 0.0831 e. The molecule has 0 aromatic heterocycles. The number of hydrogen-bond donors (Lipinski definition) is 2. The second-order valence-electron chi connectivity index (χ2n) is 5.20. The van der Waals surface area contributed by atoms with Crippen molar-refractivity contribution in [3.05, 3.63) is 0 Å². The summed E-state index contributed by atoms with van der Waals surface area (Å²) in [4.78, 5) is 2.53. The summed E-state index contributed by atoms with van der Waals surface area (Å²) < 4.78 is 0. The number of aliphatic hydroxyl groups excluding tert-OH is 1. The Kier molecular flexibility index (Phi) is 2.26. The Morgan fingerprint density at radius 1 is 1.07 bits per heavy atom. The summed E-state index contributed by atoms with van der Waals surface area (Å²) in [6.07, 6.45) is 4.16. The van der Waals surface area contributed by atoms with Gasteiger partial charge in [-0.1, -0.05) is 6.42 Å². The fraction of sp³-hybridized carbons (Fsp3) is 1.00. The van der Waals surface area contributed by atoms with E-state index in [0.29, 0.717) is 6.04 Å². The van der Waals surface area contributed by atoms with Gasteiger partial charge in [-0.25, -0.2) is 0 Å². The van der Waals surface area contributed by atoms with Gasteiger partial charge in [-0.2, -0.15) is 0 Å². The molecule has 0 aromatic carbocycles. The minimum absolute atomic E-state index is 0.131. The highest BCUT2D eigenvalue weighted by Gasteiger charge is 2.41. The molecule has 2 saturated heterocycles. The Labute approximate surface area is 85.5 Å². The molecule has 2 aliphatic heterocycles. The maximum Gasteiger partial charge on any atom is 0.0831 e. The second-order valence-corrected chi connectivity index (χ2v) is 5.20. The molecule has 0 radical (unpaired) electrons. The maximum absolute atomic E-state index is 9.81. The van der Waals surface area contributed by atoms with Crippen molar-refractivity contribution >= 4 is 0 Å². The molecule has 3 fully saturated rings. The molecule has 4 unspecified atom stereocenters. The van der Waals surface area contributed by atoms with Gasteiger partial charge in [0.2, 0.25) is 0 Å². The summed E-state index contributed by atoms with van der Waals surface area (Å²) >= 11 is 0. The van der Waals surface area contributed by atoms with Crippen molar-refractivity contribution in [2.75, 3.05) is 26.2 Å². The molecule has 14 heavy (non-hydrogen) atoms. The largest absolute Gasteiger partial charge is 0.390 e. The van der Waals surface area contributed by atoms with E-state index >= 15 is 0 Å². The molecule has 3 rings (SSSR count). The average molecular weight is 196 g/mol. The van der Waals surface area contributed by atoms with Gasteiger partial charge >= 0.3 is 0 Å². The number of fused-ring (bicyclic) bond motifs is 1. The van der Waals surface area contributed by atoms with Crippen LogP contribution in [0, 0.1) is 11.8 Å². The highest BCUT2D eigenvalue weighted by Crippen LogP contribution is 2.38. The first kappa shape index (κ1) is 9.13. The highest BCUT2D eigenvalue weighted by atomic mass is 16.3. The van der Waals surface area contributed by atoms with Crippen LogP contribution in [0.2, 0.25) is 0 Å². The summed E-state index contributed by atoms with van der Waals surface area (Å²) in [5.41, 5.74) is 0. The normalized spacial score (nSPS) is 48.6. The van der Waals surface area contributed by atoms with Crippen molar-refractivity contribution < 1.29 is 5.11 Å². The number of likely N-dealkylation sites (tertiary alicyclic amines) is 1. The molecule has 3 aliphatic rings. The van der Waals surface area contributed by atoms with Crippen molar-refractivity contribution in [2.24, 2.45) is 11.8 Å². The molecular formula is C11H20N2O. The average Bonchev–Trinajstić information content (AvgIpc) is 2.75. The summed E-state index contributed by atoms with van der Waals surface area (Å²) in [6, 6.07) is 0.403. The topological polar surface area (TPSA) is 35.5 Å². The van der Waals surface area contributed by atoms with Crippen LogP contribution in [0.15, 0.2) is 0 Å². The van der Waals surface area contributed by atoms with Gasteiger partial charge in [0.1, 0.15) is 0 Å². The van der Waals surface area contributed by atoms with Crippen LogP contribution in [0.3, 0.4) is 0 Å². The van der Waals surface area contributed by atoms with Gasteiger partial charge in [0.05, 0.1) is 6.10 Å². The van der Waals surface area contributed by atoms with E-state index in [4.69, 9.17) is 0 Å². The SMILES string of the molecule is OC1CNCC1N1CC2CCCC2C1. The van der Waals surface area contributed by atoms with Gasteiger partial charge in [-0.15, -0.1) is 0 Å². The van der Waals surface area contributed by atoms with Gasteiger partial charge in [0.15, 0.2) is 0 Å². The first-order valence-corrected chi connectivity index (χ1v) is 5.97. The monoisotopic (exact) mass is 196 g/mol. The molecule has 0 amide bonds. The van der Waals surface area contributed by atoms with Crippen LogP contribution in [0.5, 0.6) is 0 Å². The molecule has 0 bridgehead atoms. The minimum atomic E-state index is -0.131. The molecule has 80 valence electrons. The van der Waals surface area contributed by atoms with Crippen molar-refractivity contribution in [1.82, 2.24) is 10.2 Å². The molecule has 0 aromatic rings. The molecular weight excluding hydrogens is 176 g/mol. The molecule has 2 N–H and O–H groups in total. The number of rotatable bonds is 1. The maximum atomic E-state index is 9.81. The number of β-amino-alcohol motifs (C(OH)–C–C–N with tert-alkyl or cyclic N) is 1. The lowest BCUT2D eigenvalue weighted by Crippen LogP contribution is -2.42. The third-order valence-electron chi connectivity index (χ3n) is 4.37. The van der Waals surface area contributed by atoms with Crippen LogP contribution < -0.4 is 5.32 Å². The second kappa shape index (κ2) is 3.47. The van der Waals surface area contributed by atoms with Crippen LogP contribution >= 0.6 is 0 Å². The van der Waals surface area contributed by atoms with E-state index in [1.165, 1.54) is 32.4 Å². The van der Waals surface area contributed by atoms with E-state index in [1.807, 2.05) is 0 Å². The predicted octanol–water partition coefficient (Wildman–Crippen LogP) is 0.0510. The highest BCUT2D eigenvalue weighted by molar-refractivity contribution is 4.96. The Balaban J connectivity index is 1.65. The Bertz CT molecular complexity index is 209. The lowest BCUT2D eigenvalue weighted by Gasteiger charge is -2.26. The number of nitrogens with one attached hydrogen (secondary N) is 1. The van der Waals surface area contributed by atoms with Gasteiger partial charge in [-0.3, -0.25) is 4.90 Å². The molecule has 0 spiro atoms. The van der Waals surface area contributed by atoms with Gasteiger partial charge in [0.25, 0.3) is 0 Å². The zero-order valence-corrected chi connectivity index (χ0v) is 8.65. The predicted molar refractivity (Wildman–Crippen MR) is 55.1 cm³/mol. The molecule has 4 atom stereocenters. The van der Waals surface area contributed by atoms with Crippen LogP contribution in [-0.4, -0.2) is 48.3 Å². The van der Waals surface area contributed by atoms with Gasteiger partial charge < -0.3 is 10.4 Å². The molecule has 1 saturated carbocycles. The Morgan fingerprint density at radius 3 is 2.36 bits per heavy atom. The fourth-order valence-electron chi connectivity index (χ4n) is 3.57. The summed E-state index contributed by atoms with van der Waals surface area (Å²) in [5.74, 6) is 1.89. The third kappa shape index (κ3) is 1.38. The fourth-order valence-corrected chi connectivity index (χ4v) is 3.57. The molecule has 2 heterocycles. The number of nitrogens with zero attached hydrogens (tertiary/aromatic N) is 1. The van der Waals surface area contributed by atoms with E-state index < -0.39 is 0 Å². The van der Waals surface area contributed by atoms with Crippen molar-refractivity contribution in [2.45, 2.75) is 31.4 Å². The van der Waals surface area contributed by atoms with E-state index in [-0.39, 0.29) is 6.10 Å². The van der Waals surface area contributed by atoms with E-state index in [0.717, 1.165) is 24.9 Å². The lowest BCUT2D eigenvalue weighted by atomic mass is 10.0. The molecule has 1 aliphatic carbocycles. The zero-order chi connectivity index (χ0) is 9.54. The number of aliphatic hydroxyl groups is 1. The van der Waals surface area contributed by atoms with Crippen LogP contribution in [-0.2, 0) is 0 Å². The van der Waals surface area contributed by atoms with E-state index in [9.17, 15) is 5.11 Å². The van der Waals surface area contributed by atoms with Gasteiger partial charge in [-0.05, 0) is 24.7 Å². The van der Waals surface area contributed by atoms with Crippen LogP contribution in [0.4, 0.5) is 0 Å².